The highest BCUT2D eigenvalue weighted by atomic mass is 32.1. The summed E-state index contributed by atoms with van der Waals surface area (Å²) in [5.41, 5.74) is 5.46. The van der Waals surface area contributed by atoms with Crippen LogP contribution in [0.25, 0.3) is 0 Å². The van der Waals surface area contributed by atoms with Crippen molar-refractivity contribution in [3.63, 3.8) is 0 Å². The van der Waals surface area contributed by atoms with Gasteiger partial charge in [-0.3, -0.25) is 0 Å². The van der Waals surface area contributed by atoms with Gasteiger partial charge in [0.05, 0.1) is 6.10 Å². The molecule has 0 bridgehead atoms. The summed E-state index contributed by atoms with van der Waals surface area (Å²) in [6, 6.07) is 0. The molecule has 0 aliphatic carbocycles. The molecule has 2 atom stereocenters. The first-order chi connectivity index (χ1) is 6.29. The van der Waals surface area contributed by atoms with Crippen molar-refractivity contribution in [2.75, 3.05) is 0 Å². The van der Waals surface area contributed by atoms with E-state index in [0.29, 0.717) is 12.6 Å². The second kappa shape index (κ2) is 3.69. The third-order valence-electron chi connectivity index (χ3n) is 2.16. The molecule has 0 aromatic carbocycles. The first kappa shape index (κ1) is 9.05. The molecule has 1 aromatic rings. The Kier molecular flexibility index (Phi) is 2.57. The molecule has 0 saturated carbocycles. The van der Waals surface area contributed by atoms with E-state index in [1.165, 1.54) is 0 Å². The lowest BCUT2D eigenvalue weighted by atomic mass is 10.2. The summed E-state index contributed by atoms with van der Waals surface area (Å²) in [5, 5.41) is 9.90. The summed E-state index contributed by atoms with van der Waals surface area (Å²) in [5.74, 6) is 0. The van der Waals surface area contributed by atoms with Crippen LogP contribution in [0.2, 0.25) is 0 Å². The fraction of sp³-hybridized carbons (Fsp3) is 0.750. The van der Waals surface area contributed by atoms with Crippen LogP contribution in [0, 0.1) is 0 Å². The summed E-state index contributed by atoms with van der Waals surface area (Å²) >= 11 is 1.56. The van der Waals surface area contributed by atoms with E-state index >= 15 is 0 Å². The Morgan fingerprint density at radius 2 is 2.38 bits per heavy atom. The predicted molar refractivity (Wildman–Crippen MR) is 50.3 cm³/mol. The first-order valence-corrected chi connectivity index (χ1v) is 5.29. The van der Waals surface area contributed by atoms with Gasteiger partial charge in [0, 0.05) is 6.54 Å². The largest absolute Gasteiger partial charge is 0.368 e. The fourth-order valence-electron chi connectivity index (χ4n) is 1.46. The lowest BCUT2D eigenvalue weighted by molar-refractivity contribution is 0.0550. The Morgan fingerprint density at radius 3 is 2.92 bits per heavy atom. The van der Waals surface area contributed by atoms with Gasteiger partial charge in [-0.2, -0.15) is 0 Å². The Bertz CT molecular complexity index is 289. The van der Waals surface area contributed by atoms with Crippen molar-refractivity contribution in [2.24, 2.45) is 5.73 Å². The number of nitrogens with zero attached hydrogens (tertiary/aromatic N) is 2. The third-order valence-corrected chi connectivity index (χ3v) is 3.20. The zero-order valence-electron chi connectivity index (χ0n) is 7.56. The van der Waals surface area contributed by atoms with Crippen LogP contribution < -0.4 is 5.73 Å². The quantitative estimate of drug-likeness (QED) is 0.778. The molecular weight excluding hydrogens is 186 g/mol. The van der Waals surface area contributed by atoms with Gasteiger partial charge in [-0.05, 0) is 19.8 Å². The van der Waals surface area contributed by atoms with Crippen LogP contribution in [0.5, 0.6) is 0 Å². The molecule has 1 saturated heterocycles. The molecule has 2 rings (SSSR count). The van der Waals surface area contributed by atoms with Gasteiger partial charge in [-0.15, -0.1) is 10.2 Å². The molecule has 1 aromatic heterocycles. The van der Waals surface area contributed by atoms with Crippen molar-refractivity contribution in [1.29, 1.82) is 0 Å². The van der Waals surface area contributed by atoms with Crippen LogP contribution in [0.3, 0.4) is 0 Å². The smallest absolute Gasteiger partial charge is 0.146 e. The van der Waals surface area contributed by atoms with Crippen LogP contribution in [0.4, 0.5) is 0 Å². The number of aromatic nitrogens is 2. The maximum atomic E-state index is 5.67. The van der Waals surface area contributed by atoms with Crippen LogP contribution >= 0.6 is 11.3 Å². The summed E-state index contributed by atoms with van der Waals surface area (Å²) in [4.78, 5) is 0. The Hall–Kier alpha value is -0.520. The fourth-order valence-corrected chi connectivity index (χ4v) is 2.26. The first-order valence-electron chi connectivity index (χ1n) is 4.47. The third kappa shape index (κ3) is 1.87. The van der Waals surface area contributed by atoms with Gasteiger partial charge < -0.3 is 10.5 Å². The minimum atomic E-state index is 0.160. The molecular formula is C8H13N3OS. The molecule has 2 unspecified atom stereocenters. The monoisotopic (exact) mass is 199 g/mol. The maximum absolute atomic E-state index is 5.67. The van der Waals surface area contributed by atoms with E-state index in [1.807, 2.05) is 0 Å². The van der Waals surface area contributed by atoms with Gasteiger partial charge >= 0.3 is 0 Å². The minimum Gasteiger partial charge on any atom is -0.368 e. The summed E-state index contributed by atoms with van der Waals surface area (Å²) in [7, 11) is 0. The van der Waals surface area contributed by atoms with Crippen molar-refractivity contribution in [1.82, 2.24) is 10.2 Å². The predicted octanol–water partition coefficient (Wildman–Crippen LogP) is 1.24. The molecule has 2 N–H and O–H groups in total. The minimum absolute atomic E-state index is 0.160. The van der Waals surface area contributed by atoms with Gasteiger partial charge in [0.15, 0.2) is 0 Å². The van der Waals surface area contributed by atoms with Crippen LogP contribution in [0.1, 0.15) is 35.9 Å². The Morgan fingerprint density at radius 1 is 1.54 bits per heavy atom. The van der Waals surface area contributed by atoms with Crippen LogP contribution in [0.15, 0.2) is 0 Å². The number of hydrogen-bond acceptors (Lipinski definition) is 5. The van der Waals surface area contributed by atoms with Gasteiger partial charge in [0.25, 0.3) is 0 Å². The lowest BCUT2D eigenvalue weighted by Gasteiger charge is -2.05. The number of ether oxygens (including phenoxy) is 1. The molecule has 1 aliphatic heterocycles. The highest BCUT2D eigenvalue weighted by Gasteiger charge is 2.26. The second-order valence-corrected chi connectivity index (χ2v) is 4.34. The normalized spacial score (nSPS) is 28.2. The van der Waals surface area contributed by atoms with Crippen molar-refractivity contribution >= 4 is 11.3 Å². The molecule has 0 amide bonds. The average molecular weight is 199 g/mol. The van der Waals surface area contributed by atoms with Gasteiger partial charge in [0.1, 0.15) is 16.1 Å². The van der Waals surface area contributed by atoms with Crippen LogP contribution in [-0.2, 0) is 11.3 Å². The maximum Gasteiger partial charge on any atom is 0.146 e. The molecule has 72 valence electrons. The van der Waals surface area contributed by atoms with Gasteiger partial charge in [-0.1, -0.05) is 11.3 Å². The van der Waals surface area contributed by atoms with Crippen molar-refractivity contribution < 1.29 is 4.74 Å². The van der Waals surface area contributed by atoms with Crippen molar-refractivity contribution in [3.8, 4) is 0 Å². The van der Waals surface area contributed by atoms with E-state index in [2.05, 4.69) is 17.1 Å². The standard InChI is InChI=1S/C8H13N3OS/c1-5-2-3-6(12-5)8-11-10-7(4-9)13-8/h5-6H,2-4,9H2,1H3. The van der Waals surface area contributed by atoms with E-state index in [1.54, 1.807) is 11.3 Å². The molecule has 1 aliphatic rings. The SMILES string of the molecule is CC1CCC(c2nnc(CN)s2)O1. The number of nitrogens with two attached hydrogens (primary N) is 1. The topological polar surface area (TPSA) is 61.0 Å². The van der Waals surface area contributed by atoms with E-state index in [0.717, 1.165) is 22.9 Å². The Balaban J connectivity index is 2.08. The van der Waals surface area contributed by atoms with Crippen molar-refractivity contribution in [3.05, 3.63) is 10.0 Å². The molecule has 5 heteroatoms. The average Bonchev–Trinajstić information content (AvgIpc) is 2.71. The highest BCUT2D eigenvalue weighted by Crippen LogP contribution is 2.33. The molecule has 0 radical (unpaired) electrons. The number of rotatable bonds is 2. The lowest BCUT2D eigenvalue weighted by Crippen LogP contribution is -2.00. The van der Waals surface area contributed by atoms with Crippen molar-refractivity contribution in [2.45, 2.75) is 38.5 Å². The van der Waals surface area contributed by atoms with Crippen LogP contribution in [-0.4, -0.2) is 16.3 Å². The Labute approximate surface area is 81.1 Å². The number of hydrogen-bond donors (Lipinski definition) is 1. The van der Waals surface area contributed by atoms with Gasteiger partial charge in [-0.25, -0.2) is 0 Å². The molecule has 2 heterocycles. The second-order valence-electron chi connectivity index (χ2n) is 3.25. The van der Waals surface area contributed by atoms with Gasteiger partial charge in [0.2, 0.25) is 0 Å². The summed E-state index contributed by atoms with van der Waals surface area (Å²) in [6.07, 6.45) is 2.69. The zero-order chi connectivity index (χ0) is 9.26. The molecule has 0 spiro atoms. The van der Waals surface area contributed by atoms with E-state index in [4.69, 9.17) is 10.5 Å². The van der Waals surface area contributed by atoms with E-state index in [9.17, 15) is 0 Å². The summed E-state index contributed by atoms with van der Waals surface area (Å²) in [6.45, 7) is 2.56. The molecule has 13 heavy (non-hydrogen) atoms. The highest BCUT2D eigenvalue weighted by molar-refractivity contribution is 7.11. The molecule has 1 fully saturated rings. The summed E-state index contributed by atoms with van der Waals surface area (Å²) < 4.78 is 5.67. The van der Waals surface area contributed by atoms with E-state index in [-0.39, 0.29) is 6.10 Å². The molecule has 4 nitrogen and oxygen atoms in total. The van der Waals surface area contributed by atoms with E-state index < -0.39 is 0 Å². The zero-order valence-corrected chi connectivity index (χ0v) is 8.38.